The van der Waals surface area contributed by atoms with E-state index in [1.165, 1.54) is 6.07 Å². The quantitative estimate of drug-likeness (QED) is 0.305. The van der Waals surface area contributed by atoms with Crippen molar-refractivity contribution < 1.29 is 17.9 Å². The van der Waals surface area contributed by atoms with Crippen molar-refractivity contribution in [3.05, 3.63) is 96.2 Å². The molecule has 0 bridgehead atoms. The van der Waals surface area contributed by atoms with Crippen LogP contribution in [-0.4, -0.2) is 61.9 Å². The SMILES string of the molecule is CCCOc1ccccc1CN1CCCN(C(=O)c2ccc(NS(=O)(=O)c3cccc4cccnc34)cc2)CC1. The summed E-state index contributed by atoms with van der Waals surface area (Å²) in [5, 5.41) is 0.747. The van der Waals surface area contributed by atoms with Crippen molar-refractivity contribution in [3.8, 4) is 5.75 Å². The predicted molar refractivity (Wildman–Crippen MR) is 157 cm³/mol. The van der Waals surface area contributed by atoms with Gasteiger partial charge in [-0.3, -0.25) is 19.4 Å². The Morgan fingerprint density at radius 2 is 1.73 bits per heavy atom. The largest absolute Gasteiger partial charge is 0.493 e. The number of nitrogens with zero attached hydrogens (tertiary/aromatic N) is 3. The summed E-state index contributed by atoms with van der Waals surface area (Å²) in [5.41, 5.74) is 2.49. The van der Waals surface area contributed by atoms with Gasteiger partial charge in [0.2, 0.25) is 0 Å². The highest BCUT2D eigenvalue weighted by Crippen LogP contribution is 2.24. The molecule has 0 radical (unpaired) electrons. The zero-order valence-electron chi connectivity index (χ0n) is 22.6. The molecule has 0 atom stereocenters. The van der Waals surface area contributed by atoms with Crippen molar-refractivity contribution in [1.29, 1.82) is 0 Å². The Labute approximate surface area is 235 Å². The molecule has 1 aliphatic rings. The topological polar surface area (TPSA) is 91.8 Å². The fraction of sp³-hybridized carbons (Fsp3) is 0.290. The van der Waals surface area contributed by atoms with Gasteiger partial charge in [-0.25, -0.2) is 8.42 Å². The summed E-state index contributed by atoms with van der Waals surface area (Å²) in [7, 11) is -3.86. The molecule has 9 heteroatoms. The number of para-hydroxylation sites is 2. The molecule has 0 unspecified atom stereocenters. The minimum Gasteiger partial charge on any atom is -0.493 e. The summed E-state index contributed by atoms with van der Waals surface area (Å²) in [6.45, 7) is 6.54. The second kappa shape index (κ2) is 12.5. The number of hydrogen-bond donors (Lipinski definition) is 1. The summed E-state index contributed by atoms with van der Waals surface area (Å²) >= 11 is 0. The molecule has 1 fully saturated rings. The van der Waals surface area contributed by atoms with Gasteiger partial charge in [0.25, 0.3) is 15.9 Å². The Balaban J connectivity index is 1.21. The zero-order valence-corrected chi connectivity index (χ0v) is 23.4. The van der Waals surface area contributed by atoms with Gasteiger partial charge in [-0.05, 0) is 55.3 Å². The normalized spacial score (nSPS) is 14.6. The van der Waals surface area contributed by atoms with E-state index in [9.17, 15) is 13.2 Å². The molecular formula is C31H34N4O4S. The number of carbonyl (C=O) groups is 1. The van der Waals surface area contributed by atoms with Gasteiger partial charge in [0, 0.05) is 61.1 Å². The number of fused-ring (bicyclic) bond motifs is 1. The number of ether oxygens (including phenoxy) is 1. The summed E-state index contributed by atoms with van der Waals surface area (Å²) in [6, 6.07) is 23.4. The van der Waals surface area contributed by atoms with Crippen molar-refractivity contribution in [1.82, 2.24) is 14.8 Å². The van der Waals surface area contributed by atoms with Crippen molar-refractivity contribution in [3.63, 3.8) is 0 Å². The standard InChI is InChI=1S/C31H34N4O4S/c1-2-22-39-28-11-4-3-8-26(28)23-34-18-7-19-35(21-20-34)31(36)25-13-15-27(16-14-25)33-40(37,38)29-12-5-9-24-10-6-17-32-30(24)29/h3-6,8-17,33H,2,7,18-23H2,1H3. The second-order valence-corrected chi connectivity index (χ2v) is 11.5. The number of sulfonamides is 1. The highest BCUT2D eigenvalue weighted by atomic mass is 32.2. The van der Waals surface area contributed by atoms with E-state index >= 15 is 0 Å². The van der Waals surface area contributed by atoms with Crippen LogP contribution in [0.1, 0.15) is 35.7 Å². The molecule has 0 saturated carbocycles. The maximum absolute atomic E-state index is 13.3. The van der Waals surface area contributed by atoms with Crippen molar-refractivity contribution in [2.75, 3.05) is 37.5 Å². The molecule has 5 rings (SSSR count). The number of hydrogen-bond acceptors (Lipinski definition) is 6. The molecule has 1 N–H and O–H groups in total. The minimum atomic E-state index is -3.86. The van der Waals surface area contributed by atoms with E-state index in [0.717, 1.165) is 49.2 Å². The molecule has 208 valence electrons. The third-order valence-electron chi connectivity index (χ3n) is 6.97. The van der Waals surface area contributed by atoms with Crippen molar-refractivity contribution >= 4 is 32.5 Å². The molecule has 3 aromatic carbocycles. The number of amides is 1. The van der Waals surface area contributed by atoms with Gasteiger partial charge in [0.05, 0.1) is 12.1 Å². The van der Waals surface area contributed by atoms with Gasteiger partial charge in [0.1, 0.15) is 10.6 Å². The van der Waals surface area contributed by atoms with Crippen LogP contribution in [0.15, 0.2) is 90.0 Å². The van der Waals surface area contributed by atoms with E-state index in [1.807, 2.05) is 35.2 Å². The van der Waals surface area contributed by atoms with E-state index in [4.69, 9.17) is 4.74 Å². The number of rotatable bonds is 9. The summed E-state index contributed by atoms with van der Waals surface area (Å²) < 4.78 is 34.8. The maximum atomic E-state index is 13.3. The van der Waals surface area contributed by atoms with Crippen molar-refractivity contribution in [2.45, 2.75) is 31.2 Å². The fourth-order valence-corrected chi connectivity index (χ4v) is 6.17. The summed E-state index contributed by atoms with van der Waals surface area (Å²) in [4.78, 5) is 21.9. The van der Waals surface area contributed by atoms with Crippen molar-refractivity contribution in [2.24, 2.45) is 0 Å². The first-order valence-electron chi connectivity index (χ1n) is 13.6. The lowest BCUT2D eigenvalue weighted by atomic mass is 10.2. The van der Waals surface area contributed by atoms with Crippen LogP contribution in [-0.2, 0) is 16.6 Å². The first-order chi connectivity index (χ1) is 19.4. The Morgan fingerprint density at radius 3 is 2.55 bits per heavy atom. The third-order valence-corrected chi connectivity index (χ3v) is 8.39. The molecule has 0 spiro atoms. The van der Waals surface area contributed by atoms with E-state index < -0.39 is 10.0 Å². The Hall–Kier alpha value is -3.95. The molecule has 1 aliphatic heterocycles. The van der Waals surface area contributed by atoms with Gasteiger partial charge in [-0.1, -0.05) is 43.3 Å². The predicted octanol–water partition coefficient (Wildman–Crippen LogP) is 5.17. The van der Waals surface area contributed by atoms with Crippen LogP contribution in [0.2, 0.25) is 0 Å². The molecule has 40 heavy (non-hydrogen) atoms. The lowest BCUT2D eigenvalue weighted by Crippen LogP contribution is -2.35. The molecule has 4 aromatic rings. The Morgan fingerprint density at radius 1 is 0.925 bits per heavy atom. The average Bonchev–Trinajstić information content (AvgIpc) is 3.22. The fourth-order valence-electron chi connectivity index (χ4n) is 4.93. The van der Waals surface area contributed by atoms with Gasteiger partial charge in [-0.2, -0.15) is 0 Å². The average molecular weight is 559 g/mol. The van der Waals surface area contributed by atoms with Crippen LogP contribution in [0, 0.1) is 0 Å². The highest BCUT2D eigenvalue weighted by Gasteiger charge is 2.22. The maximum Gasteiger partial charge on any atom is 0.264 e. The summed E-state index contributed by atoms with van der Waals surface area (Å²) in [6.07, 6.45) is 3.41. The van der Waals surface area contributed by atoms with E-state index in [0.29, 0.717) is 36.5 Å². The van der Waals surface area contributed by atoms with E-state index in [-0.39, 0.29) is 10.8 Å². The lowest BCUT2D eigenvalue weighted by Gasteiger charge is -2.23. The first-order valence-corrected chi connectivity index (χ1v) is 15.1. The lowest BCUT2D eigenvalue weighted by molar-refractivity contribution is 0.0761. The Kier molecular flexibility index (Phi) is 8.62. The summed E-state index contributed by atoms with van der Waals surface area (Å²) in [5.74, 6) is 0.871. The number of benzene rings is 3. The second-order valence-electron chi connectivity index (χ2n) is 9.89. The molecule has 2 heterocycles. The molecule has 1 amide bonds. The van der Waals surface area contributed by atoms with Gasteiger partial charge >= 0.3 is 0 Å². The van der Waals surface area contributed by atoms with Gasteiger partial charge in [0.15, 0.2) is 0 Å². The number of nitrogens with one attached hydrogen (secondary N) is 1. The van der Waals surface area contributed by atoms with Crippen LogP contribution in [0.5, 0.6) is 5.75 Å². The van der Waals surface area contributed by atoms with E-state index in [2.05, 4.69) is 27.6 Å². The molecule has 1 saturated heterocycles. The monoisotopic (exact) mass is 558 g/mol. The van der Waals surface area contributed by atoms with Gasteiger partial charge < -0.3 is 9.64 Å². The number of carbonyl (C=O) groups excluding carboxylic acids is 1. The van der Waals surface area contributed by atoms with Crippen LogP contribution < -0.4 is 9.46 Å². The van der Waals surface area contributed by atoms with Crippen LogP contribution in [0.4, 0.5) is 5.69 Å². The highest BCUT2D eigenvalue weighted by molar-refractivity contribution is 7.93. The first kappa shape index (κ1) is 27.6. The molecule has 0 aliphatic carbocycles. The number of pyridine rings is 1. The smallest absolute Gasteiger partial charge is 0.264 e. The van der Waals surface area contributed by atoms with E-state index in [1.54, 1.807) is 42.6 Å². The third kappa shape index (κ3) is 6.43. The molecule has 1 aromatic heterocycles. The van der Waals surface area contributed by atoms with Gasteiger partial charge in [-0.15, -0.1) is 0 Å². The number of aromatic nitrogens is 1. The molecular weight excluding hydrogens is 524 g/mol. The van der Waals surface area contributed by atoms with Crippen LogP contribution in [0.3, 0.4) is 0 Å². The zero-order chi connectivity index (χ0) is 28.0. The Bertz CT molecular complexity index is 1570. The van der Waals surface area contributed by atoms with Crippen LogP contribution in [0.25, 0.3) is 10.9 Å². The van der Waals surface area contributed by atoms with Crippen LogP contribution >= 0.6 is 0 Å². The minimum absolute atomic E-state index is 0.0545. The number of anilines is 1. The molecule has 8 nitrogen and oxygen atoms in total.